The fourth-order valence-electron chi connectivity index (χ4n) is 0.776. The zero-order valence-corrected chi connectivity index (χ0v) is 8.29. The Morgan fingerprint density at radius 2 is 2.00 bits per heavy atom. The van der Waals surface area contributed by atoms with Crippen molar-refractivity contribution in [2.75, 3.05) is 6.26 Å². The molecule has 0 aliphatic rings. The van der Waals surface area contributed by atoms with Gasteiger partial charge in [0.25, 0.3) is 0 Å². The van der Waals surface area contributed by atoms with Gasteiger partial charge in [0.1, 0.15) is 0 Å². The smallest absolute Gasteiger partial charge is 0.0322 e. The van der Waals surface area contributed by atoms with Gasteiger partial charge >= 0.3 is 0 Å². The van der Waals surface area contributed by atoms with Crippen molar-refractivity contribution in [1.82, 2.24) is 0 Å². The average Bonchev–Trinajstić information content (AvgIpc) is 2.07. The summed E-state index contributed by atoms with van der Waals surface area (Å²) in [4.78, 5) is 1.28. The Bertz CT molecular complexity index is 243. The number of thioether (sulfide) groups is 1. The minimum atomic E-state index is 1.14. The van der Waals surface area contributed by atoms with E-state index in [-0.39, 0.29) is 0 Å². The van der Waals surface area contributed by atoms with Crippen LogP contribution in [0.4, 0.5) is 0 Å². The van der Waals surface area contributed by atoms with Crippen LogP contribution in [0.3, 0.4) is 0 Å². The molecule has 11 heavy (non-hydrogen) atoms. The van der Waals surface area contributed by atoms with Crippen molar-refractivity contribution in [3.63, 3.8) is 0 Å². The summed E-state index contributed by atoms with van der Waals surface area (Å²) in [5.74, 6) is 0. The molecular weight excluding hydrogens is 173 g/mol. The first-order valence-corrected chi connectivity index (χ1v) is 4.98. The van der Waals surface area contributed by atoms with Crippen molar-refractivity contribution >= 4 is 27.4 Å². The lowest BCUT2D eigenvalue weighted by Gasteiger charge is -1.95. The van der Waals surface area contributed by atoms with Crippen molar-refractivity contribution in [3.05, 3.63) is 29.8 Å². The zero-order valence-electron chi connectivity index (χ0n) is 6.32. The summed E-state index contributed by atoms with van der Waals surface area (Å²) < 4.78 is 3.85. The van der Waals surface area contributed by atoms with Crippen LogP contribution in [0.1, 0.15) is 5.56 Å². The third kappa shape index (κ3) is 2.64. The molecule has 0 aliphatic heterocycles. The third-order valence-corrected chi connectivity index (χ3v) is 2.23. The Labute approximate surface area is 73.6 Å². The maximum absolute atomic E-state index is 3.85. The van der Waals surface area contributed by atoms with Crippen LogP contribution >= 0.6 is 21.2 Å². The van der Waals surface area contributed by atoms with Gasteiger partial charge in [-0.3, -0.25) is 4.76 Å². The predicted octanol–water partition coefficient (Wildman–Crippen LogP) is 2.62. The molecule has 0 saturated heterocycles. The van der Waals surface area contributed by atoms with Crippen LogP contribution in [-0.4, -0.2) is 12.5 Å². The standard InChI is InChI=1S/C8H10NPS/c1-11-8-4-2-7(3-5-8)6-9-10/h2-6H,10H2,1H3. The molecule has 0 spiro atoms. The van der Waals surface area contributed by atoms with Crippen LogP contribution in [0.2, 0.25) is 0 Å². The first kappa shape index (κ1) is 8.76. The number of rotatable bonds is 2. The molecule has 0 fully saturated rings. The van der Waals surface area contributed by atoms with Crippen LogP contribution in [0.5, 0.6) is 0 Å². The monoisotopic (exact) mass is 183 g/mol. The van der Waals surface area contributed by atoms with Crippen LogP contribution < -0.4 is 0 Å². The normalized spacial score (nSPS) is 10.7. The molecular formula is C8H10NPS. The van der Waals surface area contributed by atoms with E-state index in [1.165, 1.54) is 4.90 Å². The summed E-state index contributed by atoms with van der Waals surface area (Å²) in [6.45, 7) is 0. The molecule has 1 rings (SSSR count). The molecule has 0 aliphatic carbocycles. The molecule has 1 atom stereocenters. The maximum atomic E-state index is 3.85. The average molecular weight is 183 g/mol. The topological polar surface area (TPSA) is 12.4 Å². The van der Waals surface area contributed by atoms with E-state index in [0.29, 0.717) is 0 Å². The van der Waals surface area contributed by atoms with E-state index in [1.54, 1.807) is 11.8 Å². The lowest BCUT2D eigenvalue weighted by molar-refractivity contribution is 1.46. The summed E-state index contributed by atoms with van der Waals surface area (Å²) >= 11 is 1.75. The van der Waals surface area contributed by atoms with Gasteiger partial charge in [0.05, 0.1) is 0 Å². The van der Waals surface area contributed by atoms with Gasteiger partial charge in [-0.15, -0.1) is 11.8 Å². The summed E-state index contributed by atoms with van der Waals surface area (Å²) in [7, 11) is 2.32. The predicted molar refractivity (Wildman–Crippen MR) is 55.5 cm³/mol. The molecule has 0 bridgehead atoms. The Hall–Kier alpha value is -0.330. The fourth-order valence-corrected chi connectivity index (χ4v) is 1.36. The zero-order chi connectivity index (χ0) is 8.10. The second-order valence-electron chi connectivity index (χ2n) is 2.05. The molecule has 1 aromatic rings. The minimum Gasteiger partial charge on any atom is -0.276 e. The molecule has 0 heterocycles. The molecule has 0 N–H and O–H groups in total. The van der Waals surface area contributed by atoms with E-state index >= 15 is 0 Å². The van der Waals surface area contributed by atoms with Gasteiger partial charge in [-0.05, 0) is 33.3 Å². The quantitative estimate of drug-likeness (QED) is 0.390. The van der Waals surface area contributed by atoms with E-state index in [2.05, 4.69) is 44.7 Å². The number of benzene rings is 1. The van der Waals surface area contributed by atoms with Gasteiger partial charge in [-0.25, -0.2) is 0 Å². The molecule has 1 unspecified atom stereocenters. The van der Waals surface area contributed by atoms with E-state index in [1.807, 2.05) is 6.21 Å². The number of nitrogens with zero attached hydrogens (tertiary/aromatic N) is 1. The van der Waals surface area contributed by atoms with Gasteiger partial charge < -0.3 is 0 Å². The van der Waals surface area contributed by atoms with Crippen LogP contribution in [0.15, 0.2) is 33.9 Å². The number of hydrogen-bond acceptors (Lipinski definition) is 2. The Morgan fingerprint density at radius 1 is 1.36 bits per heavy atom. The summed E-state index contributed by atoms with van der Waals surface area (Å²) in [6.07, 6.45) is 3.88. The van der Waals surface area contributed by atoms with Crippen molar-refractivity contribution in [3.8, 4) is 0 Å². The Balaban J connectivity index is 2.82. The molecule has 0 amide bonds. The maximum Gasteiger partial charge on any atom is 0.0322 e. The largest absolute Gasteiger partial charge is 0.276 e. The second kappa shape index (κ2) is 4.53. The summed E-state index contributed by atoms with van der Waals surface area (Å²) in [6, 6.07) is 8.29. The van der Waals surface area contributed by atoms with Crippen molar-refractivity contribution in [2.45, 2.75) is 4.90 Å². The molecule has 58 valence electrons. The Morgan fingerprint density at radius 3 is 2.45 bits per heavy atom. The second-order valence-corrected chi connectivity index (χ2v) is 3.23. The van der Waals surface area contributed by atoms with Gasteiger partial charge in [-0.1, -0.05) is 12.1 Å². The minimum absolute atomic E-state index is 1.14. The van der Waals surface area contributed by atoms with E-state index in [0.717, 1.165) is 5.56 Å². The van der Waals surface area contributed by atoms with Gasteiger partial charge in [0.2, 0.25) is 0 Å². The van der Waals surface area contributed by atoms with E-state index < -0.39 is 0 Å². The highest BCUT2D eigenvalue weighted by molar-refractivity contribution is 7.98. The summed E-state index contributed by atoms with van der Waals surface area (Å²) in [5, 5.41) is 0. The highest BCUT2D eigenvalue weighted by Crippen LogP contribution is 2.13. The summed E-state index contributed by atoms with van der Waals surface area (Å²) in [5.41, 5.74) is 1.14. The van der Waals surface area contributed by atoms with Crippen molar-refractivity contribution in [1.29, 1.82) is 0 Å². The van der Waals surface area contributed by atoms with Crippen LogP contribution in [0.25, 0.3) is 0 Å². The van der Waals surface area contributed by atoms with Gasteiger partial charge in [0, 0.05) is 11.1 Å². The first-order chi connectivity index (χ1) is 5.36. The van der Waals surface area contributed by atoms with Crippen LogP contribution in [0, 0.1) is 0 Å². The van der Waals surface area contributed by atoms with E-state index in [4.69, 9.17) is 0 Å². The highest BCUT2D eigenvalue weighted by atomic mass is 32.2. The Kier molecular flexibility index (Phi) is 3.61. The van der Waals surface area contributed by atoms with E-state index in [9.17, 15) is 0 Å². The lowest BCUT2D eigenvalue weighted by atomic mass is 10.2. The highest BCUT2D eigenvalue weighted by Gasteiger charge is 1.88. The fraction of sp³-hybridized carbons (Fsp3) is 0.125. The van der Waals surface area contributed by atoms with Gasteiger partial charge in [0.15, 0.2) is 0 Å². The SMILES string of the molecule is CSc1ccc(C=NP)cc1. The third-order valence-electron chi connectivity index (χ3n) is 1.34. The van der Waals surface area contributed by atoms with Crippen molar-refractivity contribution < 1.29 is 0 Å². The number of hydrogen-bond donors (Lipinski definition) is 0. The molecule has 0 saturated carbocycles. The van der Waals surface area contributed by atoms with Gasteiger partial charge in [-0.2, -0.15) is 0 Å². The first-order valence-electron chi connectivity index (χ1n) is 3.24. The van der Waals surface area contributed by atoms with Crippen molar-refractivity contribution in [2.24, 2.45) is 4.76 Å². The molecule has 0 radical (unpaired) electrons. The van der Waals surface area contributed by atoms with Crippen LogP contribution in [-0.2, 0) is 0 Å². The lowest BCUT2D eigenvalue weighted by Crippen LogP contribution is -1.77. The molecule has 1 aromatic carbocycles. The molecule has 1 nitrogen and oxygen atoms in total. The molecule has 3 heteroatoms. The molecule has 0 aromatic heterocycles.